The van der Waals surface area contributed by atoms with Crippen LogP contribution >= 0.6 is 0 Å². The van der Waals surface area contributed by atoms with Crippen molar-refractivity contribution in [3.8, 4) is 11.5 Å². The van der Waals surface area contributed by atoms with Gasteiger partial charge in [-0.3, -0.25) is 4.90 Å². The first-order chi connectivity index (χ1) is 15.7. The molecule has 1 spiro atoms. The van der Waals surface area contributed by atoms with Gasteiger partial charge in [0.05, 0.1) is 19.6 Å². The number of piperidine rings is 1. The second-order valence-electron chi connectivity index (χ2n) is 8.51. The van der Waals surface area contributed by atoms with E-state index in [-0.39, 0.29) is 17.0 Å². The third-order valence-corrected chi connectivity index (χ3v) is 6.96. The lowest BCUT2D eigenvalue weighted by molar-refractivity contribution is -0.165. The number of hydrogen-bond acceptors (Lipinski definition) is 8. The molecule has 1 aromatic carbocycles. The SMILES string of the molecule is COC1=CC=C2[C@H]3Cc4ccc(OC)c5c4[C@@]2(CCN3C)[C@H]1O5.O.O=C(O)[C@H](O)[C@@H](O)C(=O)O. The van der Waals surface area contributed by atoms with Crippen LogP contribution in [0.1, 0.15) is 17.5 Å². The number of aliphatic hydroxyl groups excluding tert-OH is 2. The third kappa shape index (κ3) is 3.61. The molecule has 11 heteroatoms. The summed E-state index contributed by atoms with van der Waals surface area (Å²) in [7, 11) is 5.68. The maximum atomic E-state index is 9.77. The number of likely N-dealkylation sites (tertiary alicyclic amines) is 1. The smallest absolute Gasteiger partial charge is 0.335 e. The van der Waals surface area contributed by atoms with E-state index >= 15 is 0 Å². The molecule has 0 saturated carbocycles. The van der Waals surface area contributed by atoms with Crippen molar-refractivity contribution in [3.63, 3.8) is 0 Å². The molecule has 1 saturated heterocycles. The monoisotopic (exact) mass is 479 g/mol. The van der Waals surface area contributed by atoms with Crippen molar-refractivity contribution in [1.29, 1.82) is 0 Å². The largest absolute Gasteiger partial charge is 0.497 e. The molecule has 5 rings (SSSR count). The molecule has 11 nitrogen and oxygen atoms in total. The van der Waals surface area contributed by atoms with Gasteiger partial charge in [0.25, 0.3) is 0 Å². The Morgan fingerprint density at radius 2 is 1.76 bits per heavy atom. The van der Waals surface area contributed by atoms with Crippen LogP contribution in [0.2, 0.25) is 0 Å². The van der Waals surface area contributed by atoms with Gasteiger partial charge < -0.3 is 40.1 Å². The number of rotatable bonds is 5. The van der Waals surface area contributed by atoms with Crippen LogP contribution in [0.25, 0.3) is 0 Å². The molecule has 2 aliphatic heterocycles. The zero-order valence-electron chi connectivity index (χ0n) is 19.0. The van der Waals surface area contributed by atoms with Crippen LogP contribution in [0.15, 0.2) is 35.6 Å². The van der Waals surface area contributed by atoms with Gasteiger partial charge in [0.2, 0.25) is 0 Å². The van der Waals surface area contributed by atoms with Gasteiger partial charge in [0, 0.05) is 11.6 Å². The van der Waals surface area contributed by atoms with Crippen LogP contribution < -0.4 is 9.47 Å². The fraction of sp³-hybridized carbons (Fsp3) is 0.478. The van der Waals surface area contributed by atoms with Gasteiger partial charge in [-0.05, 0) is 49.7 Å². The molecule has 6 N–H and O–H groups in total. The number of benzene rings is 1. The van der Waals surface area contributed by atoms with Gasteiger partial charge in [-0.2, -0.15) is 0 Å². The highest BCUT2D eigenvalue weighted by atomic mass is 16.6. The molecule has 1 fully saturated rings. The maximum Gasteiger partial charge on any atom is 0.335 e. The zero-order valence-corrected chi connectivity index (χ0v) is 19.0. The molecule has 2 aliphatic carbocycles. The van der Waals surface area contributed by atoms with Crippen LogP contribution in [0.5, 0.6) is 11.5 Å². The molecular weight excluding hydrogens is 450 g/mol. The average molecular weight is 479 g/mol. The van der Waals surface area contributed by atoms with Crippen LogP contribution in [-0.2, 0) is 26.2 Å². The van der Waals surface area contributed by atoms with Gasteiger partial charge in [-0.15, -0.1) is 0 Å². The Bertz CT molecular complexity index is 1030. The zero-order chi connectivity index (χ0) is 24.1. The molecular formula is C23H29NO10. The van der Waals surface area contributed by atoms with Crippen molar-refractivity contribution < 1.29 is 49.7 Å². The van der Waals surface area contributed by atoms with Crippen molar-refractivity contribution in [2.75, 3.05) is 27.8 Å². The number of ether oxygens (including phenoxy) is 3. The van der Waals surface area contributed by atoms with Gasteiger partial charge >= 0.3 is 11.9 Å². The number of methoxy groups -OCH3 is 2. The number of aliphatic hydroxyl groups is 2. The van der Waals surface area contributed by atoms with E-state index in [0.29, 0.717) is 6.04 Å². The second-order valence-corrected chi connectivity index (χ2v) is 8.51. The minimum atomic E-state index is -2.27. The second kappa shape index (κ2) is 9.26. The van der Waals surface area contributed by atoms with Crippen LogP contribution in [0.4, 0.5) is 0 Å². The van der Waals surface area contributed by atoms with Gasteiger partial charge in [0.15, 0.2) is 29.8 Å². The molecule has 5 atom stereocenters. The minimum Gasteiger partial charge on any atom is -0.497 e. The summed E-state index contributed by atoms with van der Waals surface area (Å²) in [5.74, 6) is -0.860. The van der Waals surface area contributed by atoms with Crippen LogP contribution in [0.3, 0.4) is 0 Å². The molecule has 2 bridgehead atoms. The lowest BCUT2D eigenvalue weighted by Gasteiger charge is -2.52. The Labute approximate surface area is 195 Å². The molecule has 0 unspecified atom stereocenters. The topological polar surface area (TPSA) is 177 Å². The number of carboxylic acid groups (broad SMARTS) is 2. The fourth-order valence-electron chi connectivity index (χ4n) is 5.37. The van der Waals surface area contributed by atoms with E-state index in [0.717, 1.165) is 36.6 Å². The summed E-state index contributed by atoms with van der Waals surface area (Å²) in [4.78, 5) is 22.0. The first-order valence-electron chi connectivity index (χ1n) is 10.5. The maximum absolute atomic E-state index is 9.77. The van der Waals surface area contributed by atoms with Crippen LogP contribution in [-0.4, -0.2) is 94.9 Å². The predicted molar refractivity (Wildman–Crippen MR) is 118 cm³/mol. The van der Waals surface area contributed by atoms with E-state index in [2.05, 4.69) is 30.2 Å². The lowest BCUT2D eigenvalue weighted by atomic mass is 9.57. The van der Waals surface area contributed by atoms with E-state index in [9.17, 15) is 9.59 Å². The quantitative estimate of drug-likeness (QED) is 0.429. The Hall–Kier alpha value is -3.12. The first kappa shape index (κ1) is 25.5. The Balaban J connectivity index is 0.000000255. The summed E-state index contributed by atoms with van der Waals surface area (Å²) in [6, 6.07) is 4.72. The van der Waals surface area contributed by atoms with Crippen molar-refractivity contribution in [2.24, 2.45) is 0 Å². The highest BCUT2D eigenvalue weighted by Crippen LogP contribution is 2.62. The van der Waals surface area contributed by atoms with Gasteiger partial charge in [0.1, 0.15) is 5.76 Å². The summed E-state index contributed by atoms with van der Waals surface area (Å²) < 4.78 is 17.7. The molecule has 186 valence electrons. The standard InChI is InChI=1S/C19H21NO3.C4H6O6.H2O/c1-20-9-8-19-12-5-7-15(22-3)18(19)23-17-14(21-2)6-4-11(16(17)19)10-13(12)20;5-1(3(7)8)2(6)4(9)10;/h4-7,13,18H,8-10H2,1-3H3;1-2,5-6H,(H,7,8)(H,9,10);1H2/t13-,18+,19+;1-,2-;/m11./s1. The van der Waals surface area contributed by atoms with E-state index in [4.69, 9.17) is 34.6 Å². The van der Waals surface area contributed by atoms with E-state index in [1.54, 1.807) is 14.2 Å². The number of allylic oxidation sites excluding steroid dienone is 2. The van der Waals surface area contributed by atoms with E-state index in [1.165, 1.54) is 16.7 Å². The number of aliphatic carboxylic acids is 2. The summed E-state index contributed by atoms with van der Waals surface area (Å²) in [6.45, 7) is 1.08. The van der Waals surface area contributed by atoms with Crippen molar-refractivity contribution in [1.82, 2.24) is 4.90 Å². The number of carbonyl (C=O) groups is 2. The molecule has 0 amide bonds. The summed E-state index contributed by atoms with van der Waals surface area (Å²) in [5.41, 5.74) is 4.15. The van der Waals surface area contributed by atoms with Crippen molar-refractivity contribution >= 4 is 11.9 Å². The fourth-order valence-corrected chi connectivity index (χ4v) is 5.37. The normalized spacial score (nSPS) is 27.2. The highest BCUT2D eigenvalue weighted by Gasteiger charge is 2.62. The summed E-state index contributed by atoms with van der Waals surface area (Å²) >= 11 is 0. The van der Waals surface area contributed by atoms with E-state index in [1.807, 2.05) is 6.07 Å². The van der Waals surface area contributed by atoms with Gasteiger partial charge in [-0.25, -0.2) is 9.59 Å². The molecule has 4 aliphatic rings. The molecule has 0 aromatic heterocycles. The molecule has 1 aromatic rings. The molecule has 34 heavy (non-hydrogen) atoms. The average Bonchev–Trinajstić information content (AvgIpc) is 3.15. The Morgan fingerprint density at radius 1 is 1.12 bits per heavy atom. The summed E-state index contributed by atoms with van der Waals surface area (Å²) in [5, 5.41) is 32.5. The number of nitrogens with zero attached hydrogens (tertiary/aromatic N) is 1. The first-order valence-corrected chi connectivity index (χ1v) is 10.5. The van der Waals surface area contributed by atoms with E-state index < -0.39 is 24.1 Å². The predicted octanol–water partition coefficient (Wildman–Crippen LogP) is -0.523. The Kier molecular flexibility index (Phi) is 6.94. The van der Waals surface area contributed by atoms with Crippen molar-refractivity contribution in [3.05, 3.63) is 46.7 Å². The Morgan fingerprint density at radius 3 is 2.32 bits per heavy atom. The number of hydrogen-bond donors (Lipinski definition) is 4. The lowest BCUT2D eigenvalue weighted by Crippen LogP contribution is -2.58. The number of carboxylic acids is 2. The molecule has 2 heterocycles. The van der Waals surface area contributed by atoms with Crippen LogP contribution in [0, 0.1) is 0 Å². The summed E-state index contributed by atoms with van der Waals surface area (Å²) in [6.07, 6.45) is 1.88. The van der Waals surface area contributed by atoms with Crippen molar-refractivity contribution in [2.45, 2.75) is 42.6 Å². The molecule has 0 radical (unpaired) electrons. The third-order valence-electron chi connectivity index (χ3n) is 6.96. The van der Waals surface area contributed by atoms with Gasteiger partial charge in [-0.1, -0.05) is 12.1 Å². The number of likely N-dealkylation sites (N-methyl/N-ethyl adjacent to an activating group) is 1. The minimum absolute atomic E-state index is 0. The highest BCUT2D eigenvalue weighted by molar-refractivity contribution is 5.83.